The van der Waals surface area contributed by atoms with Crippen molar-refractivity contribution in [1.82, 2.24) is 5.32 Å². The second-order valence-corrected chi connectivity index (χ2v) is 4.69. The molecule has 0 aliphatic rings. The van der Waals surface area contributed by atoms with E-state index in [1.54, 1.807) is 12.1 Å². The van der Waals surface area contributed by atoms with Gasteiger partial charge in [0.15, 0.2) is 10.4 Å². The molecule has 2 aromatic rings. The first-order valence-electron chi connectivity index (χ1n) is 5.81. The van der Waals surface area contributed by atoms with Gasteiger partial charge in [-0.1, -0.05) is 31.2 Å². The van der Waals surface area contributed by atoms with Gasteiger partial charge in [0, 0.05) is 6.54 Å². The molecule has 1 aromatic carbocycles. The van der Waals surface area contributed by atoms with Gasteiger partial charge in [0.05, 0.1) is 0 Å². The zero-order valence-electron chi connectivity index (χ0n) is 10.1. The van der Waals surface area contributed by atoms with Crippen LogP contribution in [0.3, 0.4) is 0 Å². The van der Waals surface area contributed by atoms with Gasteiger partial charge < -0.3 is 9.73 Å². The second-order valence-electron chi connectivity index (χ2n) is 3.91. The standard InChI is InChI=1S/C14H14BrNO2/c1-2-10-5-3-4-6-11(10)9-16-14(17)12-7-8-13(15)18-12/h3-8H,2,9H2,1H3,(H,16,17). The van der Waals surface area contributed by atoms with E-state index in [1.807, 2.05) is 18.2 Å². The lowest BCUT2D eigenvalue weighted by molar-refractivity contribution is 0.0922. The summed E-state index contributed by atoms with van der Waals surface area (Å²) in [5, 5.41) is 2.85. The molecule has 0 aliphatic carbocycles. The van der Waals surface area contributed by atoms with E-state index >= 15 is 0 Å². The van der Waals surface area contributed by atoms with E-state index in [0.29, 0.717) is 17.0 Å². The Morgan fingerprint density at radius 2 is 1.94 bits per heavy atom. The lowest BCUT2D eigenvalue weighted by Crippen LogP contribution is -2.22. The molecule has 0 atom stereocenters. The summed E-state index contributed by atoms with van der Waals surface area (Å²) in [6.07, 6.45) is 0.957. The average molecular weight is 308 g/mol. The summed E-state index contributed by atoms with van der Waals surface area (Å²) in [4.78, 5) is 11.8. The van der Waals surface area contributed by atoms with Crippen molar-refractivity contribution in [1.29, 1.82) is 0 Å². The van der Waals surface area contributed by atoms with Crippen LogP contribution in [0.1, 0.15) is 28.6 Å². The normalized spacial score (nSPS) is 10.3. The molecule has 0 fully saturated rings. The number of benzene rings is 1. The van der Waals surface area contributed by atoms with Crippen molar-refractivity contribution in [3.05, 3.63) is 58.0 Å². The number of aryl methyl sites for hydroxylation is 1. The van der Waals surface area contributed by atoms with Crippen molar-refractivity contribution in [2.75, 3.05) is 0 Å². The Hall–Kier alpha value is -1.55. The number of carbonyl (C=O) groups is 1. The predicted molar refractivity (Wildman–Crippen MR) is 73.4 cm³/mol. The van der Waals surface area contributed by atoms with Gasteiger partial charge in [0.2, 0.25) is 0 Å². The van der Waals surface area contributed by atoms with Crippen LogP contribution < -0.4 is 5.32 Å². The SMILES string of the molecule is CCc1ccccc1CNC(=O)c1ccc(Br)o1. The highest BCUT2D eigenvalue weighted by Gasteiger charge is 2.10. The molecule has 0 spiro atoms. The average Bonchev–Trinajstić information content (AvgIpc) is 2.83. The molecule has 1 amide bonds. The first-order chi connectivity index (χ1) is 8.70. The lowest BCUT2D eigenvalue weighted by atomic mass is 10.1. The van der Waals surface area contributed by atoms with E-state index in [-0.39, 0.29) is 5.91 Å². The third kappa shape index (κ3) is 3.01. The summed E-state index contributed by atoms with van der Waals surface area (Å²) < 4.78 is 5.75. The topological polar surface area (TPSA) is 42.2 Å². The Balaban J connectivity index is 2.01. The molecule has 2 rings (SSSR count). The Morgan fingerprint density at radius 3 is 2.56 bits per heavy atom. The fourth-order valence-corrected chi connectivity index (χ4v) is 2.08. The van der Waals surface area contributed by atoms with Crippen LogP contribution in [-0.2, 0) is 13.0 Å². The number of halogens is 1. The molecular formula is C14H14BrNO2. The molecule has 0 saturated carbocycles. The maximum atomic E-state index is 11.8. The molecule has 3 nitrogen and oxygen atoms in total. The van der Waals surface area contributed by atoms with Crippen molar-refractivity contribution in [2.45, 2.75) is 19.9 Å². The predicted octanol–water partition coefficient (Wildman–Crippen LogP) is 3.53. The monoisotopic (exact) mass is 307 g/mol. The van der Waals surface area contributed by atoms with Gasteiger partial charge in [0.25, 0.3) is 5.91 Å². The summed E-state index contributed by atoms with van der Waals surface area (Å²) in [5.41, 5.74) is 2.39. The summed E-state index contributed by atoms with van der Waals surface area (Å²) in [5.74, 6) is 0.113. The molecule has 94 valence electrons. The molecule has 4 heteroatoms. The Morgan fingerprint density at radius 1 is 1.22 bits per heavy atom. The van der Waals surface area contributed by atoms with E-state index in [4.69, 9.17) is 4.42 Å². The van der Waals surface area contributed by atoms with Crippen LogP contribution in [0.2, 0.25) is 0 Å². The molecule has 18 heavy (non-hydrogen) atoms. The Bertz CT molecular complexity index is 548. The maximum Gasteiger partial charge on any atom is 0.287 e. The summed E-state index contributed by atoms with van der Waals surface area (Å²) in [6, 6.07) is 11.4. The number of hydrogen-bond donors (Lipinski definition) is 1. The number of hydrogen-bond acceptors (Lipinski definition) is 2. The van der Waals surface area contributed by atoms with Gasteiger partial charge in [0.1, 0.15) is 0 Å². The van der Waals surface area contributed by atoms with Crippen molar-refractivity contribution in [2.24, 2.45) is 0 Å². The van der Waals surface area contributed by atoms with Gasteiger partial charge in [-0.15, -0.1) is 0 Å². The lowest BCUT2D eigenvalue weighted by Gasteiger charge is -2.08. The fourth-order valence-electron chi connectivity index (χ4n) is 1.77. The van der Waals surface area contributed by atoms with Crippen molar-refractivity contribution in [3.63, 3.8) is 0 Å². The van der Waals surface area contributed by atoms with Crippen LogP contribution in [0, 0.1) is 0 Å². The van der Waals surface area contributed by atoms with Crippen molar-refractivity contribution < 1.29 is 9.21 Å². The van der Waals surface area contributed by atoms with E-state index in [0.717, 1.165) is 12.0 Å². The van der Waals surface area contributed by atoms with Crippen LogP contribution in [0.25, 0.3) is 0 Å². The molecule has 1 aromatic heterocycles. The molecular weight excluding hydrogens is 294 g/mol. The highest BCUT2D eigenvalue weighted by atomic mass is 79.9. The molecule has 0 unspecified atom stereocenters. The highest BCUT2D eigenvalue weighted by molar-refractivity contribution is 9.10. The van der Waals surface area contributed by atoms with Gasteiger partial charge in [-0.3, -0.25) is 4.79 Å². The third-order valence-electron chi connectivity index (χ3n) is 2.74. The van der Waals surface area contributed by atoms with Crippen LogP contribution in [0.4, 0.5) is 0 Å². The number of rotatable bonds is 4. The van der Waals surface area contributed by atoms with Gasteiger partial charge >= 0.3 is 0 Å². The minimum Gasteiger partial charge on any atom is -0.444 e. The summed E-state index contributed by atoms with van der Waals surface area (Å²) >= 11 is 3.17. The van der Waals surface area contributed by atoms with E-state index in [9.17, 15) is 4.79 Å². The van der Waals surface area contributed by atoms with Crippen LogP contribution in [0.5, 0.6) is 0 Å². The number of nitrogens with one attached hydrogen (secondary N) is 1. The number of carbonyl (C=O) groups excluding carboxylic acids is 1. The first kappa shape index (κ1) is 12.9. The minimum absolute atomic E-state index is 0.202. The maximum absolute atomic E-state index is 11.8. The van der Waals surface area contributed by atoms with Crippen LogP contribution in [-0.4, -0.2) is 5.91 Å². The van der Waals surface area contributed by atoms with E-state index < -0.39 is 0 Å². The number of amides is 1. The van der Waals surface area contributed by atoms with Gasteiger partial charge in [-0.25, -0.2) is 0 Å². The highest BCUT2D eigenvalue weighted by Crippen LogP contribution is 2.14. The third-order valence-corrected chi connectivity index (χ3v) is 3.16. The molecule has 0 bridgehead atoms. The van der Waals surface area contributed by atoms with E-state index in [2.05, 4.69) is 34.2 Å². The van der Waals surface area contributed by atoms with E-state index in [1.165, 1.54) is 5.56 Å². The van der Waals surface area contributed by atoms with Gasteiger partial charge in [-0.2, -0.15) is 0 Å². The largest absolute Gasteiger partial charge is 0.444 e. The quantitative estimate of drug-likeness (QED) is 0.939. The second kappa shape index (κ2) is 5.87. The zero-order valence-corrected chi connectivity index (χ0v) is 11.7. The first-order valence-corrected chi connectivity index (χ1v) is 6.60. The van der Waals surface area contributed by atoms with Crippen molar-refractivity contribution in [3.8, 4) is 0 Å². The van der Waals surface area contributed by atoms with Gasteiger partial charge in [-0.05, 0) is 45.6 Å². The molecule has 1 N–H and O–H groups in total. The van der Waals surface area contributed by atoms with Crippen molar-refractivity contribution >= 4 is 21.8 Å². The molecule has 0 saturated heterocycles. The number of furan rings is 1. The minimum atomic E-state index is -0.202. The summed E-state index contributed by atoms with van der Waals surface area (Å²) in [6.45, 7) is 2.62. The van der Waals surface area contributed by atoms with Crippen LogP contribution >= 0.6 is 15.9 Å². The zero-order chi connectivity index (χ0) is 13.0. The fraction of sp³-hybridized carbons (Fsp3) is 0.214. The molecule has 1 heterocycles. The smallest absolute Gasteiger partial charge is 0.287 e. The molecule has 0 radical (unpaired) electrons. The van der Waals surface area contributed by atoms with Crippen LogP contribution in [0.15, 0.2) is 45.5 Å². The molecule has 0 aliphatic heterocycles. The Labute approximate surface area is 114 Å². The summed E-state index contributed by atoms with van der Waals surface area (Å²) in [7, 11) is 0. The Kier molecular flexibility index (Phi) is 4.20.